The number of hydrogen-bond acceptors (Lipinski definition) is 2. The molecule has 1 heterocycles. The topological polar surface area (TPSA) is 21.8 Å². The molecule has 3 nitrogen and oxygen atoms in total. The van der Waals surface area contributed by atoms with E-state index in [4.69, 9.17) is 9.57 Å². The molecule has 1 atom stereocenters. The van der Waals surface area contributed by atoms with Crippen LogP contribution >= 0.6 is 0 Å². The lowest BCUT2D eigenvalue weighted by atomic mass is 10.5. The van der Waals surface area contributed by atoms with Gasteiger partial charge in [-0.25, -0.2) is 4.84 Å². The number of epoxide rings is 1. The normalized spacial score (nSPS) is 26.3. The lowest BCUT2D eigenvalue weighted by Crippen LogP contribution is -2.35. The minimum Gasteiger partial charge on any atom is -0.370 e. The molecule has 0 aromatic carbocycles. The number of quaternary nitrogens is 1. The lowest BCUT2D eigenvalue weighted by Gasteiger charge is -2.20. The van der Waals surface area contributed by atoms with Crippen LogP contribution in [-0.4, -0.2) is 45.1 Å². The van der Waals surface area contributed by atoms with E-state index < -0.39 is 0 Å². The summed E-state index contributed by atoms with van der Waals surface area (Å²) in [5.41, 5.74) is 0. The van der Waals surface area contributed by atoms with Crippen molar-refractivity contribution < 1.29 is 14.2 Å². The predicted molar refractivity (Wildman–Crippen MR) is 33.7 cm³/mol. The number of hydroxylamine groups is 3. The first-order valence-electron chi connectivity index (χ1n) is 3.15. The van der Waals surface area contributed by atoms with Crippen molar-refractivity contribution in [1.29, 1.82) is 0 Å². The fraction of sp³-hybridized carbons (Fsp3) is 1.00. The molecule has 1 unspecified atom stereocenters. The number of rotatable bonds is 3. The molecule has 9 heavy (non-hydrogen) atoms. The number of hydrogen-bond donors (Lipinski definition) is 0. The molecule has 1 fully saturated rings. The van der Waals surface area contributed by atoms with Gasteiger partial charge in [0, 0.05) is 0 Å². The number of ether oxygens (including phenoxy) is 1. The van der Waals surface area contributed by atoms with Gasteiger partial charge in [-0.1, -0.05) is 0 Å². The standard InChI is InChI=1S/C6H14NO2/c1-7(2,3)9-5-6-4-8-6/h6H,4-5H2,1-3H3/q+1. The van der Waals surface area contributed by atoms with Crippen LogP contribution in [0.4, 0.5) is 0 Å². The van der Waals surface area contributed by atoms with Crippen LogP contribution in [0.2, 0.25) is 0 Å². The van der Waals surface area contributed by atoms with E-state index in [9.17, 15) is 0 Å². The smallest absolute Gasteiger partial charge is 0.135 e. The van der Waals surface area contributed by atoms with Crippen molar-refractivity contribution in [3.05, 3.63) is 0 Å². The highest BCUT2D eigenvalue weighted by atomic mass is 16.7. The van der Waals surface area contributed by atoms with Crippen LogP contribution in [0.5, 0.6) is 0 Å². The van der Waals surface area contributed by atoms with E-state index in [0.717, 1.165) is 13.2 Å². The van der Waals surface area contributed by atoms with Crippen molar-refractivity contribution >= 4 is 0 Å². The molecular formula is C6H14NO2+. The van der Waals surface area contributed by atoms with Crippen LogP contribution < -0.4 is 0 Å². The van der Waals surface area contributed by atoms with Gasteiger partial charge in [-0.05, 0) is 0 Å². The van der Waals surface area contributed by atoms with Crippen LogP contribution in [0, 0.1) is 0 Å². The summed E-state index contributed by atoms with van der Waals surface area (Å²) >= 11 is 0. The molecule has 0 amide bonds. The molecule has 0 spiro atoms. The second-order valence-electron chi connectivity index (χ2n) is 3.14. The van der Waals surface area contributed by atoms with Crippen LogP contribution in [0.15, 0.2) is 0 Å². The summed E-state index contributed by atoms with van der Waals surface area (Å²) in [5, 5.41) is 0. The fourth-order valence-electron chi connectivity index (χ4n) is 0.471. The molecule has 0 bridgehead atoms. The van der Waals surface area contributed by atoms with Crippen molar-refractivity contribution in [1.82, 2.24) is 0 Å². The highest BCUT2D eigenvalue weighted by Gasteiger charge is 2.25. The molecule has 0 aromatic heterocycles. The van der Waals surface area contributed by atoms with E-state index in [-0.39, 0.29) is 0 Å². The van der Waals surface area contributed by atoms with Gasteiger partial charge in [-0.15, -0.1) is 0 Å². The summed E-state index contributed by atoms with van der Waals surface area (Å²) in [6.07, 6.45) is 0.377. The Morgan fingerprint density at radius 2 is 2.11 bits per heavy atom. The SMILES string of the molecule is C[N+](C)(C)OCC1CO1. The van der Waals surface area contributed by atoms with Crippen LogP contribution in [0.1, 0.15) is 0 Å². The Morgan fingerprint density at radius 1 is 1.56 bits per heavy atom. The molecule has 0 N–H and O–H groups in total. The first-order chi connectivity index (χ1) is 4.08. The van der Waals surface area contributed by atoms with E-state index in [0.29, 0.717) is 10.8 Å². The van der Waals surface area contributed by atoms with Gasteiger partial charge >= 0.3 is 0 Å². The third kappa shape index (κ3) is 3.46. The summed E-state index contributed by atoms with van der Waals surface area (Å²) in [4.78, 5) is 5.37. The van der Waals surface area contributed by atoms with Gasteiger partial charge in [0.05, 0.1) is 27.7 Å². The molecule has 1 aliphatic heterocycles. The second kappa shape index (κ2) is 2.25. The highest BCUT2D eigenvalue weighted by Crippen LogP contribution is 2.09. The zero-order valence-corrected chi connectivity index (χ0v) is 6.26. The first kappa shape index (κ1) is 6.99. The molecular weight excluding hydrogens is 118 g/mol. The molecule has 0 radical (unpaired) electrons. The average Bonchev–Trinajstić information content (AvgIpc) is 2.38. The van der Waals surface area contributed by atoms with E-state index in [1.807, 2.05) is 21.1 Å². The largest absolute Gasteiger partial charge is 0.370 e. The highest BCUT2D eigenvalue weighted by molar-refractivity contribution is 4.65. The Bertz CT molecular complexity index is 93.7. The third-order valence-electron chi connectivity index (χ3n) is 1.05. The molecule has 1 saturated heterocycles. The zero-order valence-electron chi connectivity index (χ0n) is 6.26. The maximum Gasteiger partial charge on any atom is 0.135 e. The maximum absolute atomic E-state index is 5.37. The van der Waals surface area contributed by atoms with E-state index in [2.05, 4.69) is 0 Å². The number of nitrogens with zero attached hydrogens (tertiary/aromatic N) is 1. The quantitative estimate of drug-likeness (QED) is 0.307. The van der Waals surface area contributed by atoms with Gasteiger partial charge in [0.2, 0.25) is 0 Å². The van der Waals surface area contributed by atoms with Crippen molar-refractivity contribution in [3.63, 3.8) is 0 Å². The van der Waals surface area contributed by atoms with E-state index >= 15 is 0 Å². The molecule has 1 aliphatic rings. The average molecular weight is 132 g/mol. The Hall–Kier alpha value is -0.120. The van der Waals surface area contributed by atoms with Crippen molar-refractivity contribution in [2.45, 2.75) is 6.10 Å². The summed E-state index contributed by atoms with van der Waals surface area (Å²) in [6.45, 7) is 1.60. The Balaban J connectivity index is 2.03. The minimum atomic E-state index is 0.377. The Labute approximate surface area is 55.7 Å². The van der Waals surface area contributed by atoms with E-state index in [1.54, 1.807) is 0 Å². The van der Waals surface area contributed by atoms with Gasteiger partial charge in [-0.3, -0.25) is 0 Å². The summed E-state index contributed by atoms with van der Waals surface area (Å²) in [6, 6.07) is 0. The van der Waals surface area contributed by atoms with Gasteiger partial charge < -0.3 is 4.74 Å². The van der Waals surface area contributed by atoms with Crippen LogP contribution in [0.3, 0.4) is 0 Å². The van der Waals surface area contributed by atoms with Gasteiger partial charge in [-0.2, -0.15) is 4.65 Å². The van der Waals surface area contributed by atoms with Gasteiger partial charge in [0.25, 0.3) is 0 Å². The monoisotopic (exact) mass is 132 g/mol. The minimum absolute atomic E-state index is 0.377. The summed E-state index contributed by atoms with van der Waals surface area (Å²) in [7, 11) is 5.97. The van der Waals surface area contributed by atoms with Crippen molar-refractivity contribution in [3.8, 4) is 0 Å². The Kier molecular flexibility index (Phi) is 1.75. The predicted octanol–water partition coefficient (Wildman–Crippen LogP) is 0.0230. The molecule has 0 aromatic rings. The van der Waals surface area contributed by atoms with Crippen molar-refractivity contribution in [2.75, 3.05) is 34.4 Å². The van der Waals surface area contributed by atoms with Gasteiger partial charge in [0.15, 0.2) is 0 Å². The van der Waals surface area contributed by atoms with Gasteiger partial charge in [0.1, 0.15) is 12.7 Å². The molecule has 1 rings (SSSR count). The van der Waals surface area contributed by atoms with Crippen molar-refractivity contribution in [2.24, 2.45) is 0 Å². The zero-order chi connectivity index (χ0) is 6.91. The molecule has 0 saturated carbocycles. The second-order valence-corrected chi connectivity index (χ2v) is 3.14. The molecule has 3 heteroatoms. The third-order valence-corrected chi connectivity index (χ3v) is 1.05. The molecule has 0 aliphatic carbocycles. The Morgan fingerprint density at radius 3 is 2.44 bits per heavy atom. The van der Waals surface area contributed by atoms with E-state index in [1.165, 1.54) is 0 Å². The molecule has 54 valence electrons. The van der Waals surface area contributed by atoms with Crippen LogP contribution in [-0.2, 0) is 9.57 Å². The lowest BCUT2D eigenvalue weighted by molar-refractivity contribution is -1.06. The summed E-state index contributed by atoms with van der Waals surface area (Å²) in [5.74, 6) is 0. The maximum atomic E-state index is 5.37. The summed E-state index contributed by atoms with van der Waals surface area (Å²) < 4.78 is 5.52. The first-order valence-corrected chi connectivity index (χ1v) is 3.15. The van der Waals surface area contributed by atoms with Crippen LogP contribution in [0.25, 0.3) is 0 Å². The fourth-order valence-corrected chi connectivity index (χ4v) is 0.471.